The van der Waals surface area contributed by atoms with Gasteiger partial charge in [0.1, 0.15) is 0 Å². The predicted octanol–water partition coefficient (Wildman–Crippen LogP) is 13.9. The number of unbranched alkanes of at least 4 members (excludes halogenated alkanes) is 22. The first-order valence-corrected chi connectivity index (χ1v) is 22.2. The molecule has 4 nitrogen and oxygen atoms in total. The lowest BCUT2D eigenvalue weighted by atomic mass is 10.0. The molecule has 0 saturated heterocycles. The Balaban J connectivity index is 3.61. The summed E-state index contributed by atoms with van der Waals surface area (Å²) < 4.78 is 0. The molecular weight excluding hydrogens is 639 g/mol. The van der Waals surface area contributed by atoms with Gasteiger partial charge in [-0.25, -0.2) is 0 Å². The average molecular weight is 724 g/mol. The van der Waals surface area contributed by atoms with Crippen LogP contribution in [0, 0.1) is 0 Å². The van der Waals surface area contributed by atoms with E-state index >= 15 is 0 Å². The Labute approximate surface area is 323 Å². The summed E-state index contributed by atoms with van der Waals surface area (Å²) in [5, 5.41) is 23.0. The van der Waals surface area contributed by atoms with Crippen molar-refractivity contribution in [3.05, 3.63) is 72.9 Å². The first-order chi connectivity index (χ1) is 25.7. The molecule has 0 rings (SSSR count). The van der Waals surface area contributed by atoms with E-state index in [0.29, 0.717) is 6.42 Å². The minimum atomic E-state index is -0.844. The number of hydrogen-bond donors (Lipinski definition) is 3. The van der Waals surface area contributed by atoms with Gasteiger partial charge < -0.3 is 15.5 Å². The van der Waals surface area contributed by atoms with Crippen LogP contribution in [-0.4, -0.2) is 34.9 Å². The predicted molar refractivity (Wildman–Crippen MR) is 230 cm³/mol. The molecule has 0 aromatic carbocycles. The second-order valence-corrected chi connectivity index (χ2v) is 14.7. The number of carbonyl (C=O) groups is 1. The summed E-state index contributed by atoms with van der Waals surface area (Å²) in [6.07, 6.45) is 61.5. The van der Waals surface area contributed by atoms with Crippen molar-refractivity contribution in [3.63, 3.8) is 0 Å². The lowest BCUT2D eigenvalue weighted by Gasteiger charge is -2.20. The molecule has 0 spiro atoms. The van der Waals surface area contributed by atoms with Crippen LogP contribution in [0.5, 0.6) is 0 Å². The maximum Gasteiger partial charge on any atom is 0.220 e. The molecule has 0 aliphatic rings. The molecule has 1 amide bonds. The van der Waals surface area contributed by atoms with Crippen LogP contribution in [0.4, 0.5) is 0 Å². The van der Waals surface area contributed by atoms with E-state index in [9.17, 15) is 15.0 Å². The number of allylic oxidation sites excluding steroid dienone is 11. The molecule has 300 valence electrons. The molecule has 0 heterocycles. The Morgan fingerprint density at radius 2 is 0.846 bits per heavy atom. The second-order valence-electron chi connectivity index (χ2n) is 14.7. The molecule has 0 aromatic rings. The number of hydrogen-bond acceptors (Lipinski definition) is 3. The van der Waals surface area contributed by atoms with E-state index in [1.807, 2.05) is 6.08 Å². The van der Waals surface area contributed by atoms with Crippen molar-refractivity contribution in [3.8, 4) is 0 Å². The lowest BCUT2D eigenvalue weighted by molar-refractivity contribution is -0.123. The summed E-state index contributed by atoms with van der Waals surface area (Å²) in [6, 6.07) is -0.628. The van der Waals surface area contributed by atoms with Gasteiger partial charge in [-0.3, -0.25) is 4.79 Å². The molecular formula is C48H85NO3. The first kappa shape index (κ1) is 49.8. The normalized spacial score (nSPS) is 13.7. The van der Waals surface area contributed by atoms with Crippen molar-refractivity contribution in [1.82, 2.24) is 5.32 Å². The maximum absolute atomic E-state index is 12.4. The smallest absolute Gasteiger partial charge is 0.220 e. The molecule has 2 unspecified atom stereocenters. The van der Waals surface area contributed by atoms with E-state index in [1.165, 1.54) is 128 Å². The van der Waals surface area contributed by atoms with E-state index in [0.717, 1.165) is 57.8 Å². The minimum absolute atomic E-state index is 0.0736. The standard InChI is InChI=1S/C48H85NO3/c1-3-5-7-9-11-13-15-17-19-20-21-22-23-24-25-26-27-28-30-32-34-36-38-40-42-44-48(52)49-46(45-50)47(51)43-41-39-37-35-33-31-29-18-16-14-12-10-8-6-4-2/h5,7,11,13,17,19,21-22,24-25,41,43,46-47,50-51H,3-4,6,8-10,12,14-16,18,20,23,26-40,42,44-45H2,1-2H3,(H,49,52)/b7-5-,13-11-,19-17-,22-21-,25-24-,43-41+. The van der Waals surface area contributed by atoms with E-state index in [2.05, 4.69) is 79.9 Å². The van der Waals surface area contributed by atoms with Gasteiger partial charge in [-0.15, -0.1) is 0 Å². The van der Waals surface area contributed by atoms with E-state index < -0.39 is 12.1 Å². The highest BCUT2D eigenvalue weighted by atomic mass is 16.3. The number of carbonyl (C=O) groups excluding carboxylic acids is 1. The largest absolute Gasteiger partial charge is 0.394 e. The zero-order valence-corrected chi connectivity index (χ0v) is 34.3. The fraction of sp³-hybridized carbons (Fsp3) is 0.729. The van der Waals surface area contributed by atoms with Gasteiger partial charge in [-0.05, 0) is 64.2 Å². The SMILES string of the molecule is CC/C=C\C/C=C\C/C=C\C/C=C\C/C=C\CCCCCCCCCCCC(=O)NC(CO)C(O)/C=C/CCCCCCCCCCCCCCC. The third-order valence-corrected chi connectivity index (χ3v) is 9.70. The molecule has 0 fully saturated rings. The van der Waals surface area contributed by atoms with Crippen molar-refractivity contribution in [1.29, 1.82) is 0 Å². The highest BCUT2D eigenvalue weighted by Gasteiger charge is 2.17. The maximum atomic E-state index is 12.4. The number of amides is 1. The average Bonchev–Trinajstić information content (AvgIpc) is 3.15. The zero-order valence-electron chi connectivity index (χ0n) is 34.3. The molecule has 3 N–H and O–H groups in total. The monoisotopic (exact) mass is 724 g/mol. The first-order valence-electron chi connectivity index (χ1n) is 22.2. The molecule has 0 aliphatic carbocycles. The molecule has 0 aromatic heterocycles. The van der Waals surface area contributed by atoms with Gasteiger partial charge >= 0.3 is 0 Å². The fourth-order valence-electron chi connectivity index (χ4n) is 6.32. The zero-order chi connectivity index (χ0) is 37.8. The van der Waals surface area contributed by atoms with Crippen LogP contribution >= 0.6 is 0 Å². The minimum Gasteiger partial charge on any atom is -0.394 e. The topological polar surface area (TPSA) is 69.6 Å². The molecule has 4 heteroatoms. The van der Waals surface area contributed by atoms with E-state index in [-0.39, 0.29) is 12.5 Å². The Morgan fingerprint density at radius 3 is 1.27 bits per heavy atom. The highest BCUT2D eigenvalue weighted by Crippen LogP contribution is 2.14. The third-order valence-electron chi connectivity index (χ3n) is 9.70. The Morgan fingerprint density at radius 1 is 0.481 bits per heavy atom. The third kappa shape index (κ3) is 39.0. The molecule has 2 atom stereocenters. The van der Waals surface area contributed by atoms with Gasteiger partial charge in [0.05, 0.1) is 18.8 Å². The van der Waals surface area contributed by atoms with E-state index in [4.69, 9.17) is 0 Å². The number of aliphatic hydroxyl groups is 2. The van der Waals surface area contributed by atoms with Crippen molar-refractivity contribution in [2.75, 3.05) is 6.61 Å². The van der Waals surface area contributed by atoms with Crippen molar-refractivity contribution in [2.24, 2.45) is 0 Å². The molecule has 0 aliphatic heterocycles. The Bertz CT molecular complexity index is 915. The summed E-state index contributed by atoms with van der Waals surface area (Å²) in [5.41, 5.74) is 0. The molecule has 0 bridgehead atoms. The summed E-state index contributed by atoms with van der Waals surface area (Å²) in [4.78, 5) is 12.4. The van der Waals surface area contributed by atoms with Gasteiger partial charge in [-0.2, -0.15) is 0 Å². The van der Waals surface area contributed by atoms with Gasteiger partial charge in [0.25, 0.3) is 0 Å². The molecule has 52 heavy (non-hydrogen) atoms. The number of aliphatic hydroxyl groups excluding tert-OH is 2. The van der Waals surface area contributed by atoms with Crippen LogP contribution in [0.1, 0.15) is 206 Å². The van der Waals surface area contributed by atoms with Crippen LogP contribution in [-0.2, 0) is 4.79 Å². The van der Waals surface area contributed by atoms with Crippen LogP contribution in [0.15, 0.2) is 72.9 Å². The summed E-state index contributed by atoms with van der Waals surface area (Å²) in [7, 11) is 0. The van der Waals surface area contributed by atoms with Gasteiger partial charge in [0, 0.05) is 6.42 Å². The summed E-state index contributed by atoms with van der Waals surface area (Å²) in [5.74, 6) is -0.0736. The van der Waals surface area contributed by atoms with Crippen LogP contribution in [0.25, 0.3) is 0 Å². The summed E-state index contributed by atoms with van der Waals surface area (Å²) in [6.45, 7) is 4.19. The Kier molecular flexibility index (Phi) is 41.4. The van der Waals surface area contributed by atoms with Crippen LogP contribution < -0.4 is 5.32 Å². The van der Waals surface area contributed by atoms with Gasteiger partial charge in [0.15, 0.2) is 0 Å². The second kappa shape index (κ2) is 43.2. The van der Waals surface area contributed by atoms with Crippen molar-refractivity contribution >= 4 is 5.91 Å². The quantitative estimate of drug-likeness (QED) is 0.0437. The number of nitrogens with one attached hydrogen (secondary N) is 1. The van der Waals surface area contributed by atoms with Crippen LogP contribution in [0.3, 0.4) is 0 Å². The molecule has 0 radical (unpaired) electrons. The van der Waals surface area contributed by atoms with Crippen molar-refractivity contribution < 1.29 is 15.0 Å². The lowest BCUT2D eigenvalue weighted by Crippen LogP contribution is -2.45. The van der Waals surface area contributed by atoms with E-state index in [1.54, 1.807) is 6.08 Å². The summed E-state index contributed by atoms with van der Waals surface area (Å²) >= 11 is 0. The fourth-order valence-corrected chi connectivity index (χ4v) is 6.32. The van der Waals surface area contributed by atoms with Crippen LogP contribution in [0.2, 0.25) is 0 Å². The van der Waals surface area contributed by atoms with Gasteiger partial charge in [-0.1, -0.05) is 209 Å². The molecule has 0 saturated carbocycles. The van der Waals surface area contributed by atoms with Crippen molar-refractivity contribution in [2.45, 2.75) is 219 Å². The number of rotatable bonds is 39. The van der Waals surface area contributed by atoms with Gasteiger partial charge in [0.2, 0.25) is 5.91 Å². The Hall–Kier alpha value is -2.17. The highest BCUT2D eigenvalue weighted by molar-refractivity contribution is 5.76.